The maximum Gasteiger partial charge on any atom is 0.176 e. The van der Waals surface area contributed by atoms with Gasteiger partial charge >= 0.3 is 0 Å². The quantitative estimate of drug-likeness (QED) is 0.238. The van der Waals surface area contributed by atoms with Gasteiger partial charge in [0.1, 0.15) is 0 Å². The molecule has 1 heterocycles. The van der Waals surface area contributed by atoms with Crippen LogP contribution in [-0.2, 0) is 6.54 Å². The fourth-order valence-electron chi connectivity index (χ4n) is 4.18. The van der Waals surface area contributed by atoms with Gasteiger partial charge in [-0.05, 0) is 73.6 Å². The molecule has 6 nitrogen and oxygen atoms in total. The van der Waals surface area contributed by atoms with Gasteiger partial charge in [-0.1, -0.05) is 36.7 Å². The molecule has 0 amide bonds. The molecule has 0 fully saturated rings. The Morgan fingerprint density at radius 3 is 2.50 bits per heavy atom. The second kappa shape index (κ2) is 11.0. The number of methoxy groups -OCH3 is 1. The first-order chi connectivity index (χ1) is 17.3. The Morgan fingerprint density at radius 1 is 1.08 bits per heavy atom. The van der Waals surface area contributed by atoms with Crippen molar-refractivity contribution in [3.63, 3.8) is 0 Å². The largest absolute Gasteiger partial charge is 0.503 e. The van der Waals surface area contributed by atoms with Gasteiger partial charge in [0.25, 0.3) is 0 Å². The predicted octanol–water partition coefficient (Wildman–Crippen LogP) is 7.06. The van der Waals surface area contributed by atoms with Crippen molar-refractivity contribution in [2.45, 2.75) is 26.3 Å². The summed E-state index contributed by atoms with van der Waals surface area (Å²) in [6, 6.07) is 17.5. The van der Waals surface area contributed by atoms with Crippen molar-refractivity contribution in [3.8, 4) is 22.6 Å². The first-order valence-corrected chi connectivity index (χ1v) is 12.2. The number of aromatic nitrogens is 1. The molecule has 0 atom stereocenters. The van der Waals surface area contributed by atoms with Crippen LogP contribution < -0.4 is 10.1 Å². The Kier molecular flexibility index (Phi) is 7.77. The molecule has 186 valence electrons. The van der Waals surface area contributed by atoms with Gasteiger partial charge in [0.15, 0.2) is 17.3 Å². The summed E-state index contributed by atoms with van der Waals surface area (Å²) in [4.78, 5) is 19.7. The van der Waals surface area contributed by atoms with Crippen LogP contribution in [0.2, 0.25) is 5.02 Å². The highest BCUT2D eigenvalue weighted by Crippen LogP contribution is 2.40. The van der Waals surface area contributed by atoms with E-state index < -0.39 is 0 Å². The maximum absolute atomic E-state index is 13.0. The Balaban J connectivity index is 1.84. The SMILES string of the molecule is CCCC(=O)c1cnc2ccc(-c3cc(Cl)c(O)c(OC)c3)cc2c1Nc1ccc(CN(C)C)cc1. The molecule has 0 saturated heterocycles. The number of phenolic OH excluding ortho intramolecular Hbond substituents is 1. The molecule has 0 aliphatic heterocycles. The van der Waals surface area contributed by atoms with Crippen molar-refractivity contribution in [2.75, 3.05) is 26.5 Å². The number of rotatable bonds is 9. The summed E-state index contributed by atoms with van der Waals surface area (Å²) in [6.07, 6.45) is 2.85. The number of benzene rings is 3. The lowest BCUT2D eigenvalue weighted by atomic mass is 9.98. The number of fused-ring (bicyclic) bond motifs is 1. The van der Waals surface area contributed by atoms with E-state index in [2.05, 4.69) is 27.3 Å². The minimum Gasteiger partial charge on any atom is -0.503 e. The van der Waals surface area contributed by atoms with E-state index in [4.69, 9.17) is 16.3 Å². The third kappa shape index (κ3) is 5.45. The topological polar surface area (TPSA) is 74.7 Å². The van der Waals surface area contributed by atoms with E-state index in [9.17, 15) is 9.90 Å². The van der Waals surface area contributed by atoms with E-state index in [0.29, 0.717) is 17.7 Å². The Labute approximate surface area is 216 Å². The fourth-order valence-corrected chi connectivity index (χ4v) is 4.39. The number of nitrogens with zero attached hydrogens (tertiary/aromatic N) is 2. The minimum absolute atomic E-state index is 0.0402. The number of carbonyl (C=O) groups is 1. The van der Waals surface area contributed by atoms with Gasteiger partial charge in [-0.2, -0.15) is 0 Å². The molecular weight excluding hydrogens is 474 g/mol. The maximum atomic E-state index is 13.0. The number of hydrogen-bond acceptors (Lipinski definition) is 6. The molecule has 0 spiro atoms. The number of phenols is 1. The monoisotopic (exact) mass is 503 g/mol. The molecule has 1 aromatic heterocycles. The first kappa shape index (κ1) is 25.5. The molecule has 0 saturated carbocycles. The third-order valence-corrected chi connectivity index (χ3v) is 6.24. The molecule has 3 aromatic carbocycles. The van der Waals surface area contributed by atoms with Gasteiger partial charge in [-0.3, -0.25) is 9.78 Å². The third-order valence-electron chi connectivity index (χ3n) is 5.95. The number of Topliss-reactive ketones (excluding diaryl/α,β-unsaturated/α-hetero) is 1. The summed E-state index contributed by atoms with van der Waals surface area (Å²) in [7, 11) is 5.56. The molecule has 4 aromatic rings. The zero-order chi connectivity index (χ0) is 25.8. The van der Waals surface area contributed by atoms with Gasteiger partial charge in [-0.15, -0.1) is 0 Å². The second-order valence-electron chi connectivity index (χ2n) is 9.02. The smallest absolute Gasteiger partial charge is 0.176 e. The summed E-state index contributed by atoms with van der Waals surface area (Å²) in [5.41, 5.74) is 5.76. The number of nitrogens with one attached hydrogen (secondary N) is 1. The van der Waals surface area contributed by atoms with Crippen LogP contribution in [0.5, 0.6) is 11.5 Å². The Morgan fingerprint density at radius 2 is 1.83 bits per heavy atom. The lowest BCUT2D eigenvalue weighted by molar-refractivity contribution is 0.0982. The standard InChI is InChI=1S/C29H30ClN3O3/c1-5-6-26(34)23-16-31-25-12-9-19(20-14-24(30)29(35)27(15-20)36-4)13-22(25)28(23)32-21-10-7-18(8-11-21)17-33(2)3/h7-16,35H,5-6,17H2,1-4H3,(H,31,32). The summed E-state index contributed by atoms with van der Waals surface area (Å²) >= 11 is 6.25. The van der Waals surface area contributed by atoms with Crippen LogP contribution in [-0.4, -0.2) is 42.0 Å². The van der Waals surface area contributed by atoms with Crippen molar-refractivity contribution in [1.29, 1.82) is 0 Å². The van der Waals surface area contributed by atoms with E-state index in [1.165, 1.54) is 12.7 Å². The highest BCUT2D eigenvalue weighted by atomic mass is 35.5. The molecule has 0 radical (unpaired) electrons. The van der Waals surface area contributed by atoms with Crippen LogP contribution in [0.4, 0.5) is 11.4 Å². The van der Waals surface area contributed by atoms with Crippen LogP contribution in [0.1, 0.15) is 35.7 Å². The summed E-state index contributed by atoms with van der Waals surface area (Å²) in [6.45, 7) is 2.84. The number of carbonyl (C=O) groups excluding carboxylic acids is 1. The van der Waals surface area contributed by atoms with E-state index in [1.807, 2.05) is 51.4 Å². The normalized spacial score (nSPS) is 11.2. The van der Waals surface area contributed by atoms with Gasteiger partial charge in [-0.25, -0.2) is 0 Å². The van der Waals surface area contributed by atoms with Crippen LogP contribution in [0.25, 0.3) is 22.0 Å². The number of hydrogen-bond donors (Lipinski definition) is 2. The highest BCUT2D eigenvalue weighted by Gasteiger charge is 2.17. The molecule has 2 N–H and O–H groups in total. The number of ketones is 1. The number of pyridine rings is 1. The summed E-state index contributed by atoms with van der Waals surface area (Å²) in [5.74, 6) is 0.232. The minimum atomic E-state index is -0.0992. The van der Waals surface area contributed by atoms with Gasteiger partial charge < -0.3 is 20.1 Å². The van der Waals surface area contributed by atoms with Crippen molar-refractivity contribution in [3.05, 3.63) is 76.9 Å². The molecule has 36 heavy (non-hydrogen) atoms. The van der Waals surface area contributed by atoms with Gasteiger partial charge in [0.05, 0.1) is 28.9 Å². The number of anilines is 2. The van der Waals surface area contributed by atoms with E-state index >= 15 is 0 Å². The zero-order valence-corrected chi connectivity index (χ0v) is 21.7. The Bertz CT molecular complexity index is 1400. The van der Waals surface area contributed by atoms with Gasteiger partial charge in [0, 0.05) is 30.2 Å². The highest BCUT2D eigenvalue weighted by molar-refractivity contribution is 6.32. The average Bonchev–Trinajstić information content (AvgIpc) is 2.86. The van der Waals surface area contributed by atoms with Crippen molar-refractivity contribution >= 4 is 39.7 Å². The average molecular weight is 504 g/mol. The van der Waals surface area contributed by atoms with Crippen molar-refractivity contribution in [1.82, 2.24) is 9.88 Å². The zero-order valence-electron chi connectivity index (χ0n) is 20.9. The van der Waals surface area contributed by atoms with Crippen LogP contribution >= 0.6 is 11.6 Å². The van der Waals surface area contributed by atoms with E-state index in [1.54, 1.807) is 18.3 Å². The first-order valence-electron chi connectivity index (χ1n) is 11.8. The molecule has 0 aliphatic rings. The predicted molar refractivity (Wildman–Crippen MR) is 147 cm³/mol. The summed E-state index contributed by atoms with van der Waals surface area (Å²) < 4.78 is 5.28. The van der Waals surface area contributed by atoms with Crippen molar-refractivity contribution < 1.29 is 14.6 Å². The van der Waals surface area contributed by atoms with E-state index in [-0.39, 0.29) is 16.6 Å². The fraction of sp³-hybridized carbons (Fsp3) is 0.241. The lowest BCUT2D eigenvalue weighted by Crippen LogP contribution is -2.10. The molecule has 0 unspecified atom stereocenters. The number of aromatic hydroxyl groups is 1. The summed E-state index contributed by atoms with van der Waals surface area (Å²) in [5, 5.41) is 14.7. The molecular formula is C29H30ClN3O3. The van der Waals surface area contributed by atoms with Crippen LogP contribution in [0.3, 0.4) is 0 Å². The van der Waals surface area contributed by atoms with Gasteiger partial charge in [0.2, 0.25) is 0 Å². The molecule has 0 aliphatic carbocycles. The molecule has 7 heteroatoms. The second-order valence-corrected chi connectivity index (χ2v) is 9.43. The van der Waals surface area contributed by atoms with Crippen molar-refractivity contribution in [2.24, 2.45) is 0 Å². The Hall–Kier alpha value is -3.61. The lowest BCUT2D eigenvalue weighted by Gasteiger charge is -2.16. The number of ether oxygens (including phenoxy) is 1. The van der Waals surface area contributed by atoms with Crippen LogP contribution in [0.15, 0.2) is 60.8 Å². The number of halogens is 1. The molecule has 4 rings (SSSR count). The van der Waals surface area contributed by atoms with Crippen LogP contribution in [0, 0.1) is 0 Å². The van der Waals surface area contributed by atoms with E-state index in [0.717, 1.165) is 46.4 Å². The molecule has 0 bridgehead atoms.